The van der Waals surface area contributed by atoms with E-state index in [4.69, 9.17) is 10.6 Å². The number of nitrogens with two attached hydrogens (primary N) is 1. The van der Waals surface area contributed by atoms with Crippen LogP contribution in [0.3, 0.4) is 0 Å². The summed E-state index contributed by atoms with van der Waals surface area (Å²) in [5.74, 6) is -0.0691. The van der Waals surface area contributed by atoms with Crippen molar-refractivity contribution in [3.63, 3.8) is 0 Å². The van der Waals surface area contributed by atoms with Gasteiger partial charge in [0.2, 0.25) is 0 Å². The molecule has 0 saturated carbocycles. The van der Waals surface area contributed by atoms with Crippen LogP contribution in [0.15, 0.2) is 18.2 Å². The summed E-state index contributed by atoms with van der Waals surface area (Å²) in [6.45, 7) is 3.72. The first-order valence-corrected chi connectivity index (χ1v) is 7.98. The van der Waals surface area contributed by atoms with E-state index in [1.54, 1.807) is 38.0 Å². The quantitative estimate of drug-likeness (QED) is 0.848. The largest absolute Gasteiger partial charge is 0.433 e. The Morgan fingerprint density at radius 2 is 1.92 bits per heavy atom. The number of alkyl halides is 2. The summed E-state index contributed by atoms with van der Waals surface area (Å²) in [6.07, 6.45) is 1.52. The average Bonchev–Trinajstić information content (AvgIpc) is 2.49. The zero-order valence-corrected chi connectivity index (χ0v) is 14.2. The van der Waals surface area contributed by atoms with Gasteiger partial charge in [0.25, 0.3) is 0 Å². The van der Waals surface area contributed by atoms with Crippen LogP contribution < -0.4 is 10.5 Å². The first kappa shape index (κ1) is 18.4. The lowest BCUT2D eigenvalue weighted by Gasteiger charge is -2.32. The molecule has 1 fully saturated rings. The van der Waals surface area contributed by atoms with Crippen molar-refractivity contribution in [1.29, 1.82) is 0 Å². The number of piperidine rings is 1. The standard InChI is InChI=1S/C17H24F2N2O3/c1-17(2,3)15(22)24-21-8-6-11(7-9-21)12-4-5-13(20)14(10-12)23-16(18)19/h4-5,10-11,16H,6-9,20H2,1-3H3. The zero-order valence-electron chi connectivity index (χ0n) is 14.2. The minimum Gasteiger partial charge on any atom is -0.433 e. The fourth-order valence-corrected chi connectivity index (χ4v) is 2.54. The molecular weight excluding hydrogens is 318 g/mol. The van der Waals surface area contributed by atoms with E-state index in [-0.39, 0.29) is 23.3 Å². The highest BCUT2D eigenvalue weighted by atomic mass is 19.3. The predicted octanol–water partition coefficient (Wildman–Crippen LogP) is 3.55. The Morgan fingerprint density at radius 3 is 2.46 bits per heavy atom. The number of halogens is 2. The van der Waals surface area contributed by atoms with Crippen molar-refractivity contribution in [2.45, 2.75) is 46.1 Å². The molecule has 0 spiro atoms. The summed E-state index contributed by atoms with van der Waals surface area (Å²) < 4.78 is 29.3. The molecule has 1 aliphatic rings. The van der Waals surface area contributed by atoms with Crippen LogP contribution in [0.25, 0.3) is 0 Å². The summed E-state index contributed by atoms with van der Waals surface area (Å²) in [4.78, 5) is 17.3. The van der Waals surface area contributed by atoms with E-state index in [2.05, 4.69) is 4.74 Å². The lowest BCUT2D eigenvalue weighted by atomic mass is 9.90. The van der Waals surface area contributed by atoms with Gasteiger partial charge in [-0.15, -0.1) is 5.06 Å². The van der Waals surface area contributed by atoms with Crippen LogP contribution in [-0.2, 0) is 9.63 Å². The molecule has 1 aromatic rings. The topological polar surface area (TPSA) is 64.8 Å². The van der Waals surface area contributed by atoms with Gasteiger partial charge in [-0.2, -0.15) is 8.78 Å². The van der Waals surface area contributed by atoms with E-state index < -0.39 is 12.0 Å². The van der Waals surface area contributed by atoms with Crippen molar-refractivity contribution in [3.8, 4) is 5.75 Å². The molecule has 0 radical (unpaired) electrons. The SMILES string of the molecule is CC(C)(C)C(=O)ON1CCC(c2ccc(N)c(OC(F)F)c2)CC1. The molecule has 134 valence electrons. The van der Waals surface area contributed by atoms with Gasteiger partial charge in [-0.1, -0.05) is 6.07 Å². The first-order valence-electron chi connectivity index (χ1n) is 7.98. The maximum atomic E-state index is 12.4. The molecule has 0 bridgehead atoms. The Morgan fingerprint density at radius 1 is 1.29 bits per heavy atom. The summed E-state index contributed by atoms with van der Waals surface area (Å²) >= 11 is 0. The molecule has 1 saturated heterocycles. The normalized spacial score (nSPS) is 17.1. The second-order valence-corrected chi connectivity index (χ2v) is 7.01. The minimum absolute atomic E-state index is 0.00379. The lowest BCUT2D eigenvalue weighted by molar-refractivity contribution is -0.204. The number of rotatable bonds is 4. The zero-order chi connectivity index (χ0) is 17.9. The van der Waals surface area contributed by atoms with Crippen LogP contribution in [0.5, 0.6) is 5.75 Å². The van der Waals surface area contributed by atoms with Crippen molar-refractivity contribution in [2.75, 3.05) is 18.8 Å². The molecule has 5 nitrogen and oxygen atoms in total. The Balaban J connectivity index is 1.96. The van der Waals surface area contributed by atoms with Crippen molar-refractivity contribution < 1.29 is 23.1 Å². The fourth-order valence-electron chi connectivity index (χ4n) is 2.54. The van der Waals surface area contributed by atoms with Gasteiger partial charge in [0.15, 0.2) is 0 Å². The monoisotopic (exact) mass is 342 g/mol. The fraction of sp³-hybridized carbons (Fsp3) is 0.588. The minimum atomic E-state index is -2.90. The third kappa shape index (κ3) is 4.80. The summed E-state index contributed by atoms with van der Waals surface area (Å²) in [7, 11) is 0. The molecule has 0 aliphatic carbocycles. The Kier molecular flexibility index (Phi) is 5.64. The second kappa shape index (κ2) is 7.34. The van der Waals surface area contributed by atoms with Gasteiger partial charge in [0.1, 0.15) is 5.75 Å². The Bertz CT molecular complexity index is 580. The molecule has 2 N–H and O–H groups in total. The van der Waals surface area contributed by atoms with Crippen LogP contribution in [0.4, 0.5) is 14.5 Å². The van der Waals surface area contributed by atoms with Crippen molar-refractivity contribution in [1.82, 2.24) is 5.06 Å². The van der Waals surface area contributed by atoms with E-state index in [1.165, 1.54) is 0 Å². The van der Waals surface area contributed by atoms with E-state index in [0.29, 0.717) is 13.1 Å². The number of ether oxygens (including phenoxy) is 1. The predicted molar refractivity (Wildman–Crippen MR) is 86.6 cm³/mol. The highest BCUT2D eigenvalue weighted by molar-refractivity contribution is 5.75. The molecule has 0 unspecified atom stereocenters. The van der Waals surface area contributed by atoms with Crippen LogP contribution in [-0.4, -0.2) is 30.7 Å². The molecule has 1 aromatic carbocycles. The Labute approximate surface area is 140 Å². The number of carbonyl (C=O) groups is 1. The number of hydrogen-bond acceptors (Lipinski definition) is 5. The van der Waals surface area contributed by atoms with Gasteiger partial charge < -0.3 is 15.3 Å². The highest BCUT2D eigenvalue weighted by Gasteiger charge is 2.29. The van der Waals surface area contributed by atoms with Gasteiger partial charge in [-0.25, -0.2) is 4.79 Å². The summed E-state index contributed by atoms with van der Waals surface area (Å²) in [5.41, 5.74) is 6.21. The van der Waals surface area contributed by atoms with Gasteiger partial charge >= 0.3 is 12.6 Å². The smallest absolute Gasteiger partial charge is 0.387 e. The average molecular weight is 342 g/mol. The van der Waals surface area contributed by atoms with Crippen molar-refractivity contribution in [2.24, 2.45) is 5.41 Å². The Hall–Kier alpha value is -1.89. The van der Waals surface area contributed by atoms with Gasteiger partial charge in [-0.3, -0.25) is 0 Å². The molecule has 2 rings (SSSR count). The van der Waals surface area contributed by atoms with Gasteiger partial charge in [-0.05, 0) is 57.2 Å². The van der Waals surface area contributed by atoms with E-state index in [1.807, 2.05) is 6.07 Å². The van der Waals surface area contributed by atoms with E-state index in [9.17, 15) is 13.6 Å². The third-order valence-electron chi connectivity index (χ3n) is 4.00. The molecule has 7 heteroatoms. The number of benzene rings is 1. The molecule has 0 atom stereocenters. The van der Waals surface area contributed by atoms with Gasteiger partial charge in [0.05, 0.1) is 11.1 Å². The van der Waals surface area contributed by atoms with Crippen LogP contribution in [0.2, 0.25) is 0 Å². The maximum absolute atomic E-state index is 12.4. The second-order valence-electron chi connectivity index (χ2n) is 7.01. The van der Waals surface area contributed by atoms with Crippen molar-refractivity contribution in [3.05, 3.63) is 23.8 Å². The van der Waals surface area contributed by atoms with E-state index in [0.717, 1.165) is 18.4 Å². The first-order chi connectivity index (χ1) is 11.2. The van der Waals surface area contributed by atoms with Gasteiger partial charge in [0, 0.05) is 13.1 Å². The van der Waals surface area contributed by atoms with E-state index >= 15 is 0 Å². The molecule has 0 amide bonds. The number of hydrogen-bond donors (Lipinski definition) is 1. The molecule has 0 aromatic heterocycles. The molecule has 1 aliphatic heterocycles. The highest BCUT2D eigenvalue weighted by Crippen LogP contribution is 2.33. The molecule has 1 heterocycles. The maximum Gasteiger partial charge on any atom is 0.387 e. The van der Waals surface area contributed by atoms with Crippen molar-refractivity contribution >= 4 is 11.7 Å². The number of hydroxylamine groups is 2. The third-order valence-corrected chi connectivity index (χ3v) is 4.00. The molecular formula is C17H24F2N2O3. The van der Waals surface area contributed by atoms with Crippen LogP contribution >= 0.6 is 0 Å². The number of carbonyl (C=O) groups excluding carboxylic acids is 1. The van der Waals surface area contributed by atoms with Crippen LogP contribution in [0, 0.1) is 5.41 Å². The summed E-state index contributed by atoms with van der Waals surface area (Å²) in [6, 6.07) is 4.98. The number of anilines is 1. The summed E-state index contributed by atoms with van der Waals surface area (Å²) in [5, 5.41) is 1.66. The van der Waals surface area contributed by atoms with Crippen LogP contribution in [0.1, 0.15) is 45.1 Å². The number of nitrogen functional groups attached to an aromatic ring is 1. The lowest BCUT2D eigenvalue weighted by Crippen LogP contribution is -2.38. The molecule has 24 heavy (non-hydrogen) atoms. The number of nitrogens with zero attached hydrogens (tertiary/aromatic N) is 1.